The molecule has 1 unspecified atom stereocenters. The van der Waals surface area contributed by atoms with E-state index in [0.717, 1.165) is 21.6 Å². The summed E-state index contributed by atoms with van der Waals surface area (Å²) in [5.41, 5.74) is 2.56. The van der Waals surface area contributed by atoms with Gasteiger partial charge in [0.15, 0.2) is 0 Å². The van der Waals surface area contributed by atoms with Crippen LogP contribution < -0.4 is 5.56 Å². The monoisotopic (exact) mass is 320 g/mol. The summed E-state index contributed by atoms with van der Waals surface area (Å²) in [6.07, 6.45) is 0.647. The van der Waals surface area contributed by atoms with E-state index in [9.17, 15) is 9.18 Å². The van der Waals surface area contributed by atoms with Crippen molar-refractivity contribution >= 4 is 33.2 Å². The Bertz CT molecular complexity index is 945. The summed E-state index contributed by atoms with van der Waals surface area (Å²) in [5, 5.41) is 0.238. The Morgan fingerprint density at radius 1 is 1.48 bits per heavy atom. The average molecular weight is 321 g/mol. The van der Waals surface area contributed by atoms with Crippen molar-refractivity contribution in [3.63, 3.8) is 0 Å². The summed E-state index contributed by atoms with van der Waals surface area (Å²) >= 11 is 7.48. The van der Waals surface area contributed by atoms with Gasteiger partial charge in [-0.15, -0.1) is 22.9 Å². The zero-order valence-electron chi connectivity index (χ0n) is 11.0. The van der Waals surface area contributed by atoms with E-state index >= 15 is 0 Å². The summed E-state index contributed by atoms with van der Waals surface area (Å²) in [5.74, 6) is 0.229. The van der Waals surface area contributed by atoms with Crippen molar-refractivity contribution in [3.8, 4) is 11.1 Å². The maximum atomic E-state index is 13.3. The van der Waals surface area contributed by atoms with Crippen molar-refractivity contribution < 1.29 is 4.39 Å². The molecule has 1 atom stereocenters. The number of hydrogen-bond donors (Lipinski definition) is 1. The molecule has 1 N–H and O–H groups in total. The number of hydrogen-bond acceptors (Lipinski definition) is 3. The van der Waals surface area contributed by atoms with Gasteiger partial charge in [0.25, 0.3) is 5.56 Å². The molecule has 0 radical (unpaired) electrons. The molecule has 21 heavy (non-hydrogen) atoms. The zero-order valence-corrected chi connectivity index (χ0v) is 12.6. The van der Waals surface area contributed by atoms with Gasteiger partial charge in [-0.3, -0.25) is 4.79 Å². The number of H-pyrrole nitrogens is 1. The van der Waals surface area contributed by atoms with Crippen LogP contribution in [0.25, 0.3) is 21.3 Å². The average Bonchev–Trinajstić information content (AvgIpc) is 2.92. The summed E-state index contributed by atoms with van der Waals surface area (Å²) in [6, 6.07) is 4.69. The number of thiophene rings is 1. The molecule has 0 fully saturated rings. The highest BCUT2D eigenvalue weighted by atomic mass is 35.5. The van der Waals surface area contributed by atoms with Crippen LogP contribution in [0.3, 0.4) is 0 Å². The Morgan fingerprint density at radius 2 is 2.29 bits per heavy atom. The van der Waals surface area contributed by atoms with Crippen LogP contribution in [-0.2, 0) is 6.42 Å². The zero-order chi connectivity index (χ0) is 14.7. The largest absolute Gasteiger partial charge is 0.309 e. The lowest BCUT2D eigenvalue weighted by Gasteiger charge is -2.03. The standard InChI is InChI=1S/C15H10ClFN2OS/c1-6(16)13-18-14(20)12-11-9-3-2-8(17)4-7(9)5-10(11)21-15(12)19-13/h2-4,6H,5H2,1H3,(H,18,19,20). The topological polar surface area (TPSA) is 45.8 Å². The van der Waals surface area contributed by atoms with Crippen LogP contribution in [0.4, 0.5) is 4.39 Å². The van der Waals surface area contributed by atoms with Crippen molar-refractivity contribution in [2.24, 2.45) is 0 Å². The van der Waals surface area contributed by atoms with Crippen LogP contribution in [0, 0.1) is 5.82 Å². The van der Waals surface area contributed by atoms with Gasteiger partial charge in [0, 0.05) is 16.9 Å². The van der Waals surface area contributed by atoms with Crippen LogP contribution >= 0.6 is 22.9 Å². The van der Waals surface area contributed by atoms with Gasteiger partial charge in [-0.1, -0.05) is 6.07 Å². The maximum Gasteiger partial charge on any atom is 0.260 e. The quantitative estimate of drug-likeness (QED) is 0.539. The van der Waals surface area contributed by atoms with Crippen LogP contribution in [0.1, 0.15) is 28.6 Å². The van der Waals surface area contributed by atoms with Crippen LogP contribution in [0.2, 0.25) is 0 Å². The number of halogens is 2. The van der Waals surface area contributed by atoms with Gasteiger partial charge in [-0.25, -0.2) is 9.37 Å². The molecular weight excluding hydrogens is 311 g/mol. The van der Waals surface area contributed by atoms with E-state index in [2.05, 4.69) is 9.97 Å². The van der Waals surface area contributed by atoms with Crippen molar-refractivity contribution in [1.82, 2.24) is 9.97 Å². The van der Waals surface area contributed by atoms with Gasteiger partial charge in [-0.05, 0) is 30.2 Å². The fraction of sp³-hybridized carbons (Fsp3) is 0.200. The predicted molar refractivity (Wildman–Crippen MR) is 82.7 cm³/mol. The molecule has 0 spiro atoms. The molecule has 6 heteroatoms. The van der Waals surface area contributed by atoms with Gasteiger partial charge >= 0.3 is 0 Å². The van der Waals surface area contributed by atoms with Crippen molar-refractivity contribution in [1.29, 1.82) is 0 Å². The molecule has 2 heterocycles. The fourth-order valence-electron chi connectivity index (χ4n) is 2.79. The molecule has 2 aromatic heterocycles. The second-order valence-electron chi connectivity index (χ2n) is 5.13. The Balaban J connectivity index is 2.05. The first kappa shape index (κ1) is 13.0. The molecule has 0 saturated carbocycles. The first-order valence-electron chi connectivity index (χ1n) is 6.53. The molecule has 1 aliphatic carbocycles. The van der Waals surface area contributed by atoms with Gasteiger partial charge in [0.2, 0.25) is 0 Å². The predicted octanol–water partition coefficient (Wildman–Crippen LogP) is 3.99. The molecule has 0 aliphatic heterocycles. The highest BCUT2D eigenvalue weighted by molar-refractivity contribution is 7.19. The van der Waals surface area contributed by atoms with E-state index < -0.39 is 0 Å². The highest BCUT2D eigenvalue weighted by Gasteiger charge is 2.26. The lowest BCUT2D eigenvalue weighted by Crippen LogP contribution is -2.11. The molecule has 3 nitrogen and oxygen atoms in total. The van der Waals surface area contributed by atoms with E-state index in [1.807, 2.05) is 0 Å². The summed E-state index contributed by atoms with van der Waals surface area (Å²) < 4.78 is 13.3. The first-order chi connectivity index (χ1) is 10.0. The number of aromatic nitrogens is 2. The Morgan fingerprint density at radius 3 is 3.05 bits per heavy atom. The van der Waals surface area contributed by atoms with E-state index in [0.29, 0.717) is 22.5 Å². The second kappa shape index (κ2) is 4.39. The van der Waals surface area contributed by atoms with Gasteiger partial charge in [0.05, 0.1) is 10.8 Å². The van der Waals surface area contributed by atoms with Crippen LogP contribution in [0.15, 0.2) is 23.0 Å². The molecule has 4 rings (SSSR count). The highest BCUT2D eigenvalue weighted by Crippen LogP contribution is 2.44. The third-order valence-electron chi connectivity index (χ3n) is 3.72. The number of benzene rings is 1. The van der Waals surface area contributed by atoms with E-state index in [1.54, 1.807) is 13.0 Å². The minimum Gasteiger partial charge on any atom is -0.309 e. The van der Waals surface area contributed by atoms with Crippen molar-refractivity contribution in [2.75, 3.05) is 0 Å². The molecule has 0 saturated heterocycles. The van der Waals surface area contributed by atoms with Crippen LogP contribution in [0.5, 0.6) is 0 Å². The maximum absolute atomic E-state index is 13.3. The number of nitrogens with one attached hydrogen (secondary N) is 1. The third-order valence-corrected chi connectivity index (χ3v) is 5.01. The van der Waals surface area contributed by atoms with E-state index in [1.165, 1.54) is 23.5 Å². The smallest absolute Gasteiger partial charge is 0.260 e. The minimum atomic E-state index is -0.347. The third kappa shape index (κ3) is 1.84. The Kier molecular flexibility index (Phi) is 2.71. The lowest BCUT2D eigenvalue weighted by atomic mass is 10.1. The first-order valence-corrected chi connectivity index (χ1v) is 7.78. The number of fused-ring (bicyclic) bond motifs is 5. The second-order valence-corrected chi connectivity index (χ2v) is 6.86. The Hall–Kier alpha value is -1.72. The van der Waals surface area contributed by atoms with Gasteiger partial charge in [-0.2, -0.15) is 0 Å². The van der Waals surface area contributed by atoms with Crippen molar-refractivity contribution in [2.45, 2.75) is 18.7 Å². The molecule has 0 amide bonds. The van der Waals surface area contributed by atoms with Crippen LogP contribution in [-0.4, -0.2) is 9.97 Å². The normalized spacial score (nSPS) is 14.2. The van der Waals surface area contributed by atoms with Crippen molar-refractivity contribution in [3.05, 3.63) is 50.6 Å². The summed E-state index contributed by atoms with van der Waals surface area (Å²) in [7, 11) is 0. The molecule has 0 bridgehead atoms. The molecule has 3 aromatic rings. The molecular formula is C15H10ClFN2OS. The number of rotatable bonds is 1. The SMILES string of the molecule is CC(Cl)c1nc2sc3c(c2c(=O)[nH]1)-c1ccc(F)cc1C3. The summed E-state index contributed by atoms with van der Waals surface area (Å²) in [6.45, 7) is 1.77. The molecule has 1 aliphatic rings. The fourth-order valence-corrected chi connectivity index (χ4v) is 4.11. The number of nitrogens with zero attached hydrogens (tertiary/aromatic N) is 1. The van der Waals surface area contributed by atoms with E-state index in [-0.39, 0.29) is 16.8 Å². The van der Waals surface area contributed by atoms with Gasteiger partial charge < -0.3 is 4.98 Å². The molecule has 106 valence electrons. The Labute approximate surface area is 128 Å². The lowest BCUT2D eigenvalue weighted by molar-refractivity contribution is 0.626. The number of aromatic amines is 1. The number of alkyl halides is 1. The van der Waals surface area contributed by atoms with Gasteiger partial charge in [0.1, 0.15) is 16.5 Å². The summed E-state index contributed by atoms with van der Waals surface area (Å²) in [4.78, 5) is 21.3. The van der Waals surface area contributed by atoms with E-state index in [4.69, 9.17) is 11.6 Å². The molecule has 1 aromatic carbocycles. The minimum absolute atomic E-state index is 0.183.